The SMILES string of the molecule is COc1cc(Cl)c(NC(=O)Cc2c(C)nc3ccccc3c2C)cc1OC. The minimum absolute atomic E-state index is 0.174. The van der Waals surface area contributed by atoms with E-state index in [1.165, 1.54) is 14.2 Å². The predicted octanol–water partition coefficient (Wildman–Crippen LogP) is 4.70. The zero-order chi connectivity index (χ0) is 19.6. The van der Waals surface area contributed by atoms with E-state index >= 15 is 0 Å². The predicted molar refractivity (Wildman–Crippen MR) is 108 cm³/mol. The summed E-state index contributed by atoms with van der Waals surface area (Å²) in [5.74, 6) is 0.829. The van der Waals surface area contributed by atoms with Gasteiger partial charge in [-0.15, -0.1) is 0 Å². The highest BCUT2D eigenvalue weighted by Crippen LogP contribution is 2.36. The molecule has 0 spiro atoms. The van der Waals surface area contributed by atoms with E-state index in [-0.39, 0.29) is 12.3 Å². The van der Waals surface area contributed by atoms with Crippen LogP contribution in [0.5, 0.6) is 11.5 Å². The summed E-state index contributed by atoms with van der Waals surface area (Å²) >= 11 is 6.26. The molecule has 3 aromatic rings. The van der Waals surface area contributed by atoms with Gasteiger partial charge in [-0.2, -0.15) is 0 Å². The van der Waals surface area contributed by atoms with Gasteiger partial charge < -0.3 is 14.8 Å². The van der Waals surface area contributed by atoms with Gasteiger partial charge in [0.15, 0.2) is 11.5 Å². The minimum atomic E-state index is -0.174. The topological polar surface area (TPSA) is 60.5 Å². The van der Waals surface area contributed by atoms with Crippen molar-refractivity contribution in [1.29, 1.82) is 0 Å². The van der Waals surface area contributed by atoms with Crippen LogP contribution in [-0.4, -0.2) is 25.1 Å². The molecular weight excluding hydrogens is 364 g/mol. The molecule has 0 aliphatic heterocycles. The van der Waals surface area contributed by atoms with Gasteiger partial charge in [-0.25, -0.2) is 0 Å². The van der Waals surface area contributed by atoms with Crippen molar-refractivity contribution in [2.75, 3.05) is 19.5 Å². The number of nitrogens with zero attached hydrogens (tertiary/aromatic N) is 1. The number of hydrogen-bond acceptors (Lipinski definition) is 4. The van der Waals surface area contributed by atoms with Gasteiger partial charge in [-0.05, 0) is 31.0 Å². The van der Waals surface area contributed by atoms with E-state index in [4.69, 9.17) is 21.1 Å². The first-order valence-electron chi connectivity index (χ1n) is 8.50. The summed E-state index contributed by atoms with van der Waals surface area (Å²) in [6.07, 6.45) is 0.209. The van der Waals surface area contributed by atoms with E-state index in [1.54, 1.807) is 12.1 Å². The van der Waals surface area contributed by atoms with Crippen LogP contribution in [0.1, 0.15) is 16.8 Å². The summed E-state index contributed by atoms with van der Waals surface area (Å²) in [4.78, 5) is 17.3. The number of carbonyl (C=O) groups excluding carboxylic acids is 1. The number of carbonyl (C=O) groups is 1. The third-order valence-electron chi connectivity index (χ3n) is 4.57. The zero-order valence-corrected chi connectivity index (χ0v) is 16.5. The number of aromatic nitrogens is 1. The van der Waals surface area contributed by atoms with Crippen LogP contribution < -0.4 is 14.8 Å². The second kappa shape index (κ2) is 7.84. The third kappa shape index (κ3) is 3.83. The number of hydrogen-bond donors (Lipinski definition) is 1. The van der Waals surface area contributed by atoms with E-state index in [9.17, 15) is 4.79 Å². The van der Waals surface area contributed by atoms with Crippen LogP contribution in [0.4, 0.5) is 5.69 Å². The van der Waals surface area contributed by atoms with Gasteiger partial charge in [0, 0.05) is 23.2 Å². The lowest BCUT2D eigenvalue weighted by Crippen LogP contribution is -2.17. The molecule has 3 rings (SSSR count). The molecule has 0 atom stereocenters. The highest BCUT2D eigenvalue weighted by molar-refractivity contribution is 6.34. The number of rotatable bonds is 5. The van der Waals surface area contributed by atoms with Crippen molar-refractivity contribution < 1.29 is 14.3 Å². The molecule has 140 valence electrons. The number of pyridine rings is 1. The van der Waals surface area contributed by atoms with Crippen LogP contribution in [0.25, 0.3) is 10.9 Å². The number of anilines is 1. The Morgan fingerprint density at radius 1 is 1.11 bits per heavy atom. The molecule has 1 N–H and O–H groups in total. The summed E-state index contributed by atoms with van der Waals surface area (Å²) in [6.45, 7) is 3.94. The number of para-hydroxylation sites is 1. The van der Waals surface area contributed by atoms with Crippen LogP contribution in [0, 0.1) is 13.8 Å². The Kier molecular flexibility index (Phi) is 5.51. The molecule has 1 amide bonds. The summed E-state index contributed by atoms with van der Waals surface area (Å²) in [5.41, 5.74) is 4.23. The molecule has 0 bridgehead atoms. The number of methoxy groups -OCH3 is 2. The molecule has 6 heteroatoms. The molecule has 27 heavy (non-hydrogen) atoms. The molecule has 5 nitrogen and oxygen atoms in total. The lowest BCUT2D eigenvalue weighted by molar-refractivity contribution is -0.115. The van der Waals surface area contributed by atoms with E-state index in [0.29, 0.717) is 22.2 Å². The van der Waals surface area contributed by atoms with Crippen LogP contribution in [0.2, 0.25) is 5.02 Å². The standard InChI is InChI=1S/C21H21ClN2O3/c1-12-14-7-5-6-8-17(14)23-13(2)15(12)9-21(25)24-18-11-20(27-4)19(26-3)10-16(18)22/h5-8,10-11H,9H2,1-4H3,(H,24,25). The lowest BCUT2D eigenvalue weighted by Gasteiger charge is -2.15. The van der Waals surface area contributed by atoms with Crippen LogP contribution in [0.3, 0.4) is 0 Å². The molecule has 1 aromatic heterocycles. The molecule has 1 heterocycles. The number of halogens is 1. The van der Waals surface area contributed by atoms with E-state index in [1.807, 2.05) is 38.1 Å². The van der Waals surface area contributed by atoms with Gasteiger partial charge in [0.1, 0.15) is 0 Å². The van der Waals surface area contributed by atoms with Crippen LogP contribution >= 0.6 is 11.6 Å². The fourth-order valence-electron chi connectivity index (χ4n) is 3.14. The number of nitrogens with one attached hydrogen (secondary N) is 1. The Hall–Kier alpha value is -2.79. The second-order valence-corrected chi connectivity index (χ2v) is 6.64. The average Bonchev–Trinajstić information content (AvgIpc) is 2.66. The van der Waals surface area contributed by atoms with Gasteiger partial charge in [0.2, 0.25) is 5.91 Å². The van der Waals surface area contributed by atoms with Crippen LogP contribution in [0.15, 0.2) is 36.4 Å². The molecule has 0 saturated heterocycles. The Labute approximate surface area is 163 Å². The maximum Gasteiger partial charge on any atom is 0.228 e. The largest absolute Gasteiger partial charge is 0.493 e. The van der Waals surface area contributed by atoms with Gasteiger partial charge in [-0.3, -0.25) is 9.78 Å². The zero-order valence-electron chi connectivity index (χ0n) is 15.7. The number of ether oxygens (including phenoxy) is 2. The van der Waals surface area contributed by atoms with Gasteiger partial charge >= 0.3 is 0 Å². The summed E-state index contributed by atoms with van der Waals surface area (Å²) in [7, 11) is 3.07. The highest BCUT2D eigenvalue weighted by atomic mass is 35.5. The molecular formula is C21H21ClN2O3. The first-order chi connectivity index (χ1) is 12.9. The maximum atomic E-state index is 12.7. The number of amides is 1. The Balaban J connectivity index is 1.88. The number of aryl methyl sites for hydroxylation is 2. The van der Waals surface area contributed by atoms with Crippen molar-refractivity contribution in [2.45, 2.75) is 20.3 Å². The van der Waals surface area contributed by atoms with Crippen molar-refractivity contribution in [1.82, 2.24) is 4.98 Å². The normalized spacial score (nSPS) is 10.7. The molecule has 0 aliphatic rings. The second-order valence-electron chi connectivity index (χ2n) is 6.23. The third-order valence-corrected chi connectivity index (χ3v) is 4.88. The fourth-order valence-corrected chi connectivity index (χ4v) is 3.34. The van der Waals surface area contributed by atoms with E-state index < -0.39 is 0 Å². The van der Waals surface area contributed by atoms with Crippen molar-refractivity contribution >= 4 is 34.1 Å². The molecule has 0 radical (unpaired) electrons. The Morgan fingerprint density at radius 2 is 1.78 bits per heavy atom. The number of fused-ring (bicyclic) bond motifs is 1. The fraction of sp³-hybridized carbons (Fsp3) is 0.238. The first-order valence-corrected chi connectivity index (χ1v) is 8.88. The van der Waals surface area contributed by atoms with Crippen molar-refractivity contribution in [3.05, 3.63) is 58.2 Å². The molecule has 0 aliphatic carbocycles. The van der Waals surface area contributed by atoms with E-state index in [2.05, 4.69) is 10.3 Å². The Morgan fingerprint density at radius 3 is 2.48 bits per heavy atom. The monoisotopic (exact) mass is 384 g/mol. The maximum absolute atomic E-state index is 12.7. The van der Waals surface area contributed by atoms with Crippen molar-refractivity contribution in [3.63, 3.8) is 0 Å². The lowest BCUT2D eigenvalue weighted by atomic mass is 9.99. The quantitative estimate of drug-likeness (QED) is 0.692. The van der Waals surface area contributed by atoms with Gasteiger partial charge in [0.25, 0.3) is 0 Å². The van der Waals surface area contributed by atoms with E-state index in [0.717, 1.165) is 27.7 Å². The van der Waals surface area contributed by atoms with Crippen LogP contribution in [-0.2, 0) is 11.2 Å². The van der Waals surface area contributed by atoms with Gasteiger partial charge in [0.05, 0.1) is 36.9 Å². The van der Waals surface area contributed by atoms with Crippen molar-refractivity contribution in [3.8, 4) is 11.5 Å². The molecule has 2 aromatic carbocycles. The molecule has 0 unspecified atom stereocenters. The molecule has 0 saturated carbocycles. The summed E-state index contributed by atoms with van der Waals surface area (Å²) < 4.78 is 10.5. The average molecular weight is 385 g/mol. The summed E-state index contributed by atoms with van der Waals surface area (Å²) in [6, 6.07) is 11.2. The van der Waals surface area contributed by atoms with Gasteiger partial charge in [-0.1, -0.05) is 29.8 Å². The summed E-state index contributed by atoms with van der Waals surface area (Å²) in [5, 5.41) is 4.28. The van der Waals surface area contributed by atoms with Crippen molar-refractivity contribution in [2.24, 2.45) is 0 Å². The number of benzene rings is 2. The highest BCUT2D eigenvalue weighted by Gasteiger charge is 2.16. The minimum Gasteiger partial charge on any atom is -0.493 e. The first kappa shape index (κ1) is 19.0. The smallest absolute Gasteiger partial charge is 0.228 e. The molecule has 0 fully saturated rings. The Bertz CT molecular complexity index is 1020.